The fraction of sp³-hybridized carbons (Fsp3) is 0.560. The van der Waals surface area contributed by atoms with Gasteiger partial charge in [0.2, 0.25) is 5.91 Å². The minimum Gasteiger partial charge on any atom is -0.372 e. The van der Waals surface area contributed by atoms with E-state index in [0.717, 1.165) is 29.9 Å². The molecule has 4 atom stereocenters. The number of aromatic nitrogens is 2. The number of likely N-dealkylation sites (tertiary alicyclic amines) is 1. The number of likely N-dealkylation sites (N-methyl/N-ethyl adjacent to an activating group) is 1. The molecule has 1 aromatic carbocycles. The summed E-state index contributed by atoms with van der Waals surface area (Å²) in [6.07, 6.45) is 2.93. The van der Waals surface area contributed by atoms with Gasteiger partial charge in [0.15, 0.2) is 11.6 Å². The quantitative estimate of drug-likeness (QED) is 0.557. The fourth-order valence-corrected chi connectivity index (χ4v) is 5.74. The monoisotopic (exact) mass is 499 g/mol. The number of benzene rings is 1. The molecule has 5 rings (SSSR count). The summed E-state index contributed by atoms with van der Waals surface area (Å²) in [5, 5.41) is 17.3. The number of nitrogens with one attached hydrogen (secondary N) is 2. The van der Waals surface area contributed by atoms with Crippen LogP contribution in [-0.2, 0) is 4.79 Å². The lowest BCUT2D eigenvalue weighted by molar-refractivity contribution is -0.133. The number of fused-ring (bicyclic) bond motifs is 3. The number of carbonyl (C=O) groups is 1. The SMILES string of the molecule is CC(C)NC[C@@H](C(=O)N1CC2CCC(C1)N2c1ncnc2c1N(C)CC(O)N2)c1ccc(Cl)cc1. The molecule has 4 heterocycles. The zero-order valence-corrected chi connectivity index (χ0v) is 21.2. The summed E-state index contributed by atoms with van der Waals surface area (Å²) in [6.45, 7) is 6.57. The molecule has 3 aliphatic rings. The van der Waals surface area contributed by atoms with Crippen LogP contribution in [-0.4, -0.2) is 83.5 Å². The van der Waals surface area contributed by atoms with Crippen molar-refractivity contribution in [2.24, 2.45) is 0 Å². The number of β-amino-alcohol motifs (C(OH)–C–C–N with tert-alkyl or cyclic N) is 1. The minimum absolute atomic E-state index is 0.156. The first-order chi connectivity index (χ1) is 16.8. The number of rotatable bonds is 6. The smallest absolute Gasteiger partial charge is 0.231 e. The standard InChI is InChI=1S/C25H34ClN7O2/c1-15(2)27-10-20(16-4-6-17(26)7-5-16)25(35)32-11-18-8-9-19(12-32)33(18)24-22-23(28-14-29-24)30-21(34)13-31(22)3/h4-7,14-15,18-21,27,34H,8-13H2,1-3H3,(H,28,29,30)/t18?,19?,20-,21?/m1/s1. The molecule has 188 valence electrons. The van der Waals surface area contributed by atoms with E-state index in [9.17, 15) is 9.90 Å². The maximum atomic E-state index is 13.8. The Labute approximate surface area is 211 Å². The van der Waals surface area contributed by atoms with Crippen LogP contribution in [0.25, 0.3) is 0 Å². The number of aliphatic hydroxyl groups excluding tert-OH is 1. The summed E-state index contributed by atoms with van der Waals surface area (Å²) < 4.78 is 0. The molecule has 1 aromatic heterocycles. The Balaban J connectivity index is 1.38. The van der Waals surface area contributed by atoms with Crippen molar-refractivity contribution in [2.45, 2.75) is 57.0 Å². The fourth-order valence-electron chi connectivity index (χ4n) is 5.62. The van der Waals surface area contributed by atoms with Crippen LogP contribution in [0.4, 0.5) is 17.3 Å². The zero-order valence-electron chi connectivity index (χ0n) is 20.5. The summed E-state index contributed by atoms with van der Waals surface area (Å²) >= 11 is 6.11. The molecule has 0 aliphatic carbocycles. The molecule has 1 amide bonds. The van der Waals surface area contributed by atoms with E-state index in [1.165, 1.54) is 0 Å². The van der Waals surface area contributed by atoms with E-state index in [2.05, 4.69) is 39.3 Å². The molecule has 9 nitrogen and oxygen atoms in total. The average Bonchev–Trinajstić information content (AvgIpc) is 3.08. The second-order valence-electron chi connectivity index (χ2n) is 10.1. The number of piperazine rings is 1. The second-order valence-corrected chi connectivity index (χ2v) is 10.6. The lowest BCUT2D eigenvalue weighted by Crippen LogP contribution is -2.57. The van der Waals surface area contributed by atoms with E-state index in [1.807, 2.05) is 41.1 Å². The topological polar surface area (TPSA) is 96.9 Å². The van der Waals surface area contributed by atoms with Crippen LogP contribution in [0.5, 0.6) is 0 Å². The normalized spacial score (nSPS) is 24.4. The molecule has 3 aliphatic heterocycles. The molecular weight excluding hydrogens is 466 g/mol. The summed E-state index contributed by atoms with van der Waals surface area (Å²) in [5.74, 6) is 1.43. The van der Waals surface area contributed by atoms with Crippen LogP contribution >= 0.6 is 11.6 Å². The number of amides is 1. The van der Waals surface area contributed by atoms with Gasteiger partial charge in [-0.05, 0) is 30.5 Å². The highest BCUT2D eigenvalue weighted by molar-refractivity contribution is 6.30. The van der Waals surface area contributed by atoms with Crippen LogP contribution in [0.15, 0.2) is 30.6 Å². The number of nitrogens with zero attached hydrogens (tertiary/aromatic N) is 5. The van der Waals surface area contributed by atoms with Gasteiger partial charge in [-0.2, -0.15) is 0 Å². The molecule has 0 saturated carbocycles. The first kappa shape index (κ1) is 24.1. The highest BCUT2D eigenvalue weighted by atomic mass is 35.5. The maximum Gasteiger partial charge on any atom is 0.231 e. The van der Waals surface area contributed by atoms with E-state index < -0.39 is 6.23 Å². The van der Waals surface area contributed by atoms with Crippen molar-refractivity contribution in [3.8, 4) is 0 Å². The van der Waals surface area contributed by atoms with Gasteiger partial charge in [0.05, 0.1) is 12.5 Å². The average molecular weight is 500 g/mol. The number of hydrogen-bond acceptors (Lipinski definition) is 8. The van der Waals surface area contributed by atoms with Crippen molar-refractivity contribution < 1.29 is 9.90 Å². The van der Waals surface area contributed by atoms with Crippen LogP contribution < -0.4 is 20.4 Å². The Morgan fingerprint density at radius 2 is 1.86 bits per heavy atom. The van der Waals surface area contributed by atoms with Crippen LogP contribution in [0.3, 0.4) is 0 Å². The Morgan fingerprint density at radius 1 is 1.17 bits per heavy atom. The second kappa shape index (κ2) is 9.79. The lowest BCUT2D eigenvalue weighted by atomic mass is 9.96. The molecule has 10 heteroatoms. The molecule has 0 spiro atoms. The first-order valence-electron chi connectivity index (χ1n) is 12.4. The Kier molecular flexibility index (Phi) is 6.74. The first-order valence-corrected chi connectivity index (χ1v) is 12.8. The summed E-state index contributed by atoms with van der Waals surface area (Å²) in [6, 6.07) is 8.31. The highest BCUT2D eigenvalue weighted by Crippen LogP contribution is 2.42. The maximum absolute atomic E-state index is 13.8. The Morgan fingerprint density at radius 3 is 2.51 bits per heavy atom. The van der Waals surface area contributed by atoms with Gasteiger partial charge in [-0.3, -0.25) is 4.79 Å². The number of carbonyl (C=O) groups excluding carboxylic acids is 1. The van der Waals surface area contributed by atoms with Crippen molar-refractivity contribution in [1.82, 2.24) is 20.2 Å². The van der Waals surface area contributed by atoms with Gasteiger partial charge >= 0.3 is 0 Å². The summed E-state index contributed by atoms with van der Waals surface area (Å²) in [4.78, 5) is 29.3. The van der Waals surface area contributed by atoms with E-state index in [4.69, 9.17) is 11.6 Å². The molecule has 3 N–H and O–H groups in total. The van der Waals surface area contributed by atoms with Gasteiger partial charge in [0.1, 0.15) is 18.2 Å². The van der Waals surface area contributed by atoms with Gasteiger partial charge in [-0.1, -0.05) is 37.6 Å². The third kappa shape index (κ3) is 4.77. The predicted molar refractivity (Wildman–Crippen MR) is 138 cm³/mol. The van der Waals surface area contributed by atoms with E-state index in [0.29, 0.717) is 43.1 Å². The van der Waals surface area contributed by atoms with Crippen LogP contribution in [0.1, 0.15) is 38.2 Å². The van der Waals surface area contributed by atoms with Crippen molar-refractivity contribution in [1.29, 1.82) is 0 Å². The molecule has 2 saturated heterocycles. The number of hydrogen-bond donors (Lipinski definition) is 3. The van der Waals surface area contributed by atoms with Crippen molar-refractivity contribution in [2.75, 3.05) is 48.3 Å². The molecule has 2 bridgehead atoms. The van der Waals surface area contributed by atoms with Gasteiger partial charge in [0.25, 0.3) is 0 Å². The number of anilines is 3. The third-order valence-corrected chi connectivity index (χ3v) is 7.53. The molecule has 0 radical (unpaired) electrons. The van der Waals surface area contributed by atoms with E-state index >= 15 is 0 Å². The van der Waals surface area contributed by atoms with E-state index in [1.54, 1.807) is 6.33 Å². The molecule has 35 heavy (non-hydrogen) atoms. The molecule has 2 aromatic rings. The van der Waals surface area contributed by atoms with Gasteiger partial charge in [-0.15, -0.1) is 0 Å². The molecular formula is C25H34ClN7O2. The highest BCUT2D eigenvalue weighted by Gasteiger charge is 2.45. The van der Waals surface area contributed by atoms with Gasteiger partial charge in [0, 0.05) is 49.8 Å². The molecule has 3 unspecified atom stereocenters. The van der Waals surface area contributed by atoms with Crippen molar-refractivity contribution in [3.63, 3.8) is 0 Å². The third-order valence-electron chi connectivity index (χ3n) is 7.27. The van der Waals surface area contributed by atoms with Crippen molar-refractivity contribution >= 4 is 34.8 Å². The van der Waals surface area contributed by atoms with Crippen LogP contribution in [0, 0.1) is 0 Å². The summed E-state index contributed by atoms with van der Waals surface area (Å²) in [5.41, 5.74) is 1.90. The number of aliphatic hydroxyl groups is 1. The number of halogens is 1. The Hall–Kier alpha value is -2.62. The van der Waals surface area contributed by atoms with Gasteiger partial charge in [-0.25, -0.2) is 9.97 Å². The minimum atomic E-state index is -0.661. The lowest BCUT2D eigenvalue weighted by Gasteiger charge is -2.44. The zero-order chi connectivity index (χ0) is 24.7. The van der Waals surface area contributed by atoms with Crippen molar-refractivity contribution in [3.05, 3.63) is 41.2 Å². The predicted octanol–water partition coefficient (Wildman–Crippen LogP) is 2.27. The largest absolute Gasteiger partial charge is 0.372 e. The molecule has 2 fully saturated rings. The summed E-state index contributed by atoms with van der Waals surface area (Å²) in [7, 11) is 1.95. The Bertz CT molecular complexity index is 1050. The van der Waals surface area contributed by atoms with Crippen LogP contribution in [0.2, 0.25) is 5.02 Å². The van der Waals surface area contributed by atoms with Gasteiger partial charge < -0.3 is 30.4 Å². The van der Waals surface area contributed by atoms with E-state index in [-0.39, 0.29) is 23.9 Å².